The predicted octanol–water partition coefficient (Wildman–Crippen LogP) is 1.41. The minimum atomic E-state index is 0.0370. The van der Waals surface area contributed by atoms with Gasteiger partial charge >= 0.3 is 6.01 Å². The highest BCUT2D eigenvalue weighted by Crippen LogP contribution is 2.27. The Morgan fingerprint density at radius 2 is 1.87 bits per heavy atom. The van der Waals surface area contributed by atoms with Crippen molar-refractivity contribution in [2.45, 2.75) is 12.8 Å². The molecule has 1 aromatic carbocycles. The van der Waals surface area contributed by atoms with Gasteiger partial charge in [0, 0.05) is 50.7 Å². The number of nitrogens with zero attached hydrogens (tertiary/aromatic N) is 4. The van der Waals surface area contributed by atoms with E-state index in [0.717, 1.165) is 70.1 Å². The fourth-order valence-corrected chi connectivity index (χ4v) is 3.83. The summed E-state index contributed by atoms with van der Waals surface area (Å²) >= 11 is 0. The van der Waals surface area contributed by atoms with E-state index in [4.69, 9.17) is 13.9 Å². The van der Waals surface area contributed by atoms with Crippen molar-refractivity contribution in [1.82, 2.24) is 20.4 Å². The normalized spacial score (nSPS) is 18.4. The van der Waals surface area contributed by atoms with Crippen molar-refractivity contribution < 1.29 is 18.7 Å². The van der Waals surface area contributed by atoms with Crippen molar-refractivity contribution in [2.75, 3.05) is 64.5 Å². The maximum atomic E-state index is 12.5. The average molecular weight is 415 g/mol. The van der Waals surface area contributed by atoms with E-state index in [-0.39, 0.29) is 11.8 Å². The maximum absolute atomic E-state index is 12.5. The topological polar surface area (TPSA) is 93.0 Å². The SMILES string of the molecule is COc1ccc(-c2nnc(N3CCC(C(=O)NCCN4CCOCC4)CC3)o2)cc1. The highest BCUT2D eigenvalue weighted by molar-refractivity contribution is 5.78. The summed E-state index contributed by atoms with van der Waals surface area (Å²) in [5.41, 5.74) is 0.851. The summed E-state index contributed by atoms with van der Waals surface area (Å²) in [6.07, 6.45) is 1.56. The van der Waals surface area contributed by atoms with E-state index in [9.17, 15) is 4.79 Å². The van der Waals surface area contributed by atoms with Crippen molar-refractivity contribution in [3.05, 3.63) is 24.3 Å². The molecule has 0 bridgehead atoms. The number of nitrogens with one attached hydrogen (secondary N) is 1. The molecule has 1 N–H and O–H groups in total. The van der Waals surface area contributed by atoms with Gasteiger partial charge in [-0.15, -0.1) is 5.10 Å². The molecule has 2 saturated heterocycles. The number of ether oxygens (including phenoxy) is 2. The van der Waals surface area contributed by atoms with E-state index in [1.165, 1.54) is 0 Å². The Bertz CT molecular complexity index is 811. The molecule has 2 aliphatic rings. The van der Waals surface area contributed by atoms with Gasteiger partial charge in [0.1, 0.15) is 5.75 Å². The Balaban J connectivity index is 1.23. The lowest BCUT2D eigenvalue weighted by molar-refractivity contribution is -0.125. The van der Waals surface area contributed by atoms with Gasteiger partial charge in [0.05, 0.1) is 20.3 Å². The quantitative estimate of drug-likeness (QED) is 0.726. The van der Waals surface area contributed by atoms with Crippen LogP contribution in [0.3, 0.4) is 0 Å². The molecule has 2 aromatic rings. The van der Waals surface area contributed by atoms with E-state index in [2.05, 4.69) is 25.3 Å². The first-order valence-corrected chi connectivity index (χ1v) is 10.5. The highest BCUT2D eigenvalue weighted by Gasteiger charge is 2.27. The number of hydrogen-bond donors (Lipinski definition) is 1. The summed E-state index contributed by atoms with van der Waals surface area (Å²) in [7, 11) is 1.63. The summed E-state index contributed by atoms with van der Waals surface area (Å²) in [5.74, 6) is 1.45. The number of benzene rings is 1. The van der Waals surface area contributed by atoms with Crippen LogP contribution < -0.4 is 15.0 Å². The third-order valence-corrected chi connectivity index (χ3v) is 5.72. The van der Waals surface area contributed by atoms with E-state index in [1.54, 1.807) is 7.11 Å². The molecule has 1 aromatic heterocycles. The van der Waals surface area contributed by atoms with Crippen molar-refractivity contribution in [1.29, 1.82) is 0 Å². The fraction of sp³-hybridized carbons (Fsp3) is 0.571. The molecule has 162 valence electrons. The third kappa shape index (κ3) is 5.09. The monoisotopic (exact) mass is 415 g/mol. The van der Waals surface area contributed by atoms with Gasteiger partial charge < -0.3 is 24.1 Å². The molecule has 30 heavy (non-hydrogen) atoms. The minimum Gasteiger partial charge on any atom is -0.497 e. The number of hydrogen-bond acceptors (Lipinski definition) is 8. The summed E-state index contributed by atoms with van der Waals surface area (Å²) in [4.78, 5) is 16.9. The lowest BCUT2D eigenvalue weighted by Crippen LogP contribution is -2.44. The molecule has 0 radical (unpaired) electrons. The van der Waals surface area contributed by atoms with Crippen molar-refractivity contribution in [2.24, 2.45) is 5.92 Å². The van der Waals surface area contributed by atoms with Crippen LogP contribution in [0.2, 0.25) is 0 Å². The van der Waals surface area contributed by atoms with Crippen LogP contribution in [0.4, 0.5) is 6.01 Å². The molecular formula is C21H29N5O4. The standard InChI is InChI=1S/C21H29N5O4/c1-28-18-4-2-17(3-5-18)20-23-24-21(30-20)26-9-6-16(7-10-26)19(27)22-8-11-25-12-14-29-15-13-25/h2-5,16H,6-15H2,1H3,(H,22,27). The van der Waals surface area contributed by atoms with E-state index in [1.807, 2.05) is 24.3 Å². The van der Waals surface area contributed by atoms with Crippen LogP contribution in [0.25, 0.3) is 11.5 Å². The van der Waals surface area contributed by atoms with Gasteiger partial charge in [0.2, 0.25) is 11.8 Å². The number of morpholine rings is 1. The fourth-order valence-electron chi connectivity index (χ4n) is 3.83. The first-order chi connectivity index (χ1) is 14.7. The van der Waals surface area contributed by atoms with Gasteiger partial charge in [0.25, 0.3) is 0 Å². The Morgan fingerprint density at radius 1 is 1.13 bits per heavy atom. The number of rotatable bonds is 7. The summed E-state index contributed by atoms with van der Waals surface area (Å²) < 4.78 is 16.4. The van der Waals surface area contributed by atoms with Crippen LogP contribution in [0.1, 0.15) is 12.8 Å². The van der Waals surface area contributed by atoms with Crippen molar-refractivity contribution >= 4 is 11.9 Å². The van der Waals surface area contributed by atoms with Gasteiger partial charge in [-0.1, -0.05) is 5.10 Å². The molecule has 0 aliphatic carbocycles. The molecule has 0 saturated carbocycles. The zero-order valence-electron chi connectivity index (χ0n) is 17.4. The minimum absolute atomic E-state index is 0.0370. The van der Waals surface area contributed by atoms with Gasteiger partial charge in [-0.2, -0.15) is 0 Å². The van der Waals surface area contributed by atoms with Gasteiger partial charge in [-0.25, -0.2) is 0 Å². The summed E-state index contributed by atoms with van der Waals surface area (Å²) in [6, 6.07) is 8.02. The Morgan fingerprint density at radius 3 is 2.57 bits per heavy atom. The molecule has 2 aliphatic heterocycles. The number of carbonyl (C=O) groups is 1. The van der Waals surface area contributed by atoms with Crippen molar-refractivity contribution in [3.63, 3.8) is 0 Å². The van der Waals surface area contributed by atoms with Crippen LogP contribution in [0.5, 0.6) is 5.75 Å². The molecule has 0 spiro atoms. The molecule has 4 rings (SSSR count). The first-order valence-electron chi connectivity index (χ1n) is 10.5. The third-order valence-electron chi connectivity index (χ3n) is 5.72. The Kier molecular flexibility index (Phi) is 6.81. The zero-order valence-corrected chi connectivity index (χ0v) is 17.4. The van der Waals surface area contributed by atoms with Gasteiger partial charge in [-0.05, 0) is 37.1 Å². The maximum Gasteiger partial charge on any atom is 0.318 e. The lowest BCUT2D eigenvalue weighted by atomic mass is 9.96. The number of anilines is 1. The smallest absolute Gasteiger partial charge is 0.318 e. The molecule has 3 heterocycles. The second kappa shape index (κ2) is 9.90. The largest absolute Gasteiger partial charge is 0.497 e. The molecule has 0 atom stereocenters. The van der Waals surface area contributed by atoms with Crippen LogP contribution in [-0.2, 0) is 9.53 Å². The van der Waals surface area contributed by atoms with Gasteiger partial charge in [-0.3, -0.25) is 9.69 Å². The Labute approximate surface area is 176 Å². The highest BCUT2D eigenvalue weighted by atomic mass is 16.5. The number of amides is 1. The molecular weight excluding hydrogens is 386 g/mol. The van der Waals surface area contributed by atoms with E-state index in [0.29, 0.717) is 18.5 Å². The zero-order chi connectivity index (χ0) is 20.8. The molecule has 1 amide bonds. The summed E-state index contributed by atoms with van der Waals surface area (Å²) in [5, 5.41) is 11.4. The molecule has 2 fully saturated rings. The number of methoxy groups -OCH3 is 1. The van der Waals surface area contributed by atoms with Crippen molar-refractivity contribution in [3.8, 4) is 17.2 Å². The van der Waals surface area contributed by atoms with E-state index >= 15 is 0 Å². The summed E-state index contributed by atoms with van der Waals surface area (Å²) in [6.45, 7) is 6.47. The lowest BCUT2D eigenvalue weighted by Gasteiger charge is -2.30. The van der Waals surface area contributed by atoms with Crippen LogP contribution in [0, 0.1) is 5.92 Å². The second-order valence-corrected chi connectivity index (χ2v) is 7.62. The van der Waals surface area contributed by atoms with Crippen LogP contribution >= 0.6 is 0 Å². The number of aromatic nitrogens is 2. The molecule has 9 heteroatoms. The van der Waals surface area contributed by atoms with Gasteiger partial charge in [0.15, 0.2) is 0 Å². The average Bonchev–Trinajstić information content (AvgIpc) is 3.30. The Hall–Kier alpha value is -2.65. The predicted molar refractivity (Wildman–Crippen MR) is 111 cm³/mol. The number of carbonyl (C=O) groups excluding carboxylic acids is 1. The second-order valence-electron chi connectivity index (χ2n) is 7.62. The van der Waals surface area contributed by atoms with Crippen LogP contribution in [-0.4, -0.2) is 80.6 Å². The van der Waals surface area contributed by atoms with E-state index < -0.39 is 0 Å². The first kappa shape index (κ1) is 20.6. The van der Waals surface area contributed by atoms with Crippen LogP contribution in [0.15, 0.2) is 28.7 Å². The molecule has 9 nitrogen and oxygen atoms in total. The molecule has 0 unspecified atom stereocenters. The number of piperidine rings is 1.